The van der Waals surface area contributed by atoms with Crippen LogP contribution in [0.25, 0.3) is 0 Å². The van der Waals surface area contributed by atoms with E-state index in [1.165, 1.54) is 0 Å². The molecule has 6 heteroatoms. The molecule has 1 aliphatic heterocycles. The maximum Gasteiger partial charge on any atom is 0.303 e. The molecule has 0 bridgehead atoms. The van der Waals surface area contributed by atoms with Crippen molar-refractivity contribution in [2.45, 2.75) is 38.5 Å². The number of aliphatic carboxylic acids is 1. The number of carbonyl (C=O) groups excluding carboxylic acids is 1. The van der Waals surface area contributed by atoms with Crippen LogP contribution in [0.5, 0.6) is 0 Å². The van der Waals surface area contributed by atoms with Gasteiger partial charge in [0.2, 0.25) is 0 Å². The van der Waals surface area contributed by atoms with E-state index in [2.05, 4.69) is 5.32 Å². The lowest BCUT2D eigenvalue weighted by Gasteiger charge is -2.11. The van der Waals surface area contributed by atoms with Gasteiger partial charge in [-0.05, 0) is 25.7 Å². The average Bonchev–Trinajstić information content (AvgIpc) is 2.92. The minimum Gasteiger partial charge on any atom is -0.481 e. The zero-order chi connectivity index (χ0) is 14.8. The van der Waals surface area contributed by atoms with E-state index in [-0.39, 0.29) is 17.9 Å². The van der Waals surface area contributed by atoms with E-state index >= 15 is 0 Å². The Balaban J connectivity index is 2.23. The van der Waals surface area contributed by atoms with Crippen LogP contribution < -0.4 is 5.32 Å². The summed E-state index contributed by atoms with van der Waals surface area (Å²) >= 11 is 0. The van der Waals surface area contributed by atoms with Gasteiger partial charge in [-0.15, -0.1) is 0 Å². The molecule has 1 saturated heterocycles. The number of hydrogen-bond donors (Lipinski definition) is 2. The van der Waals surface area contributed by atoms with Crippen LogP contribution in [-0.2, 0) is 9.59 Å². The van der Waals surface area contributed by atoms with Gasteiger partial charge in [-0.3, -0.25) is 9.59 Å². The first kappa shape index (κ1) is 16.0. The van der Waals surface area contributed by atoms with E-state index in [0.29, 0.717) is 13.0 Å². The number of carboxylic acid groups (broad SMARTS) is 1. The Labute approximate surface area is 119 Å². The highest BCUT2D eigenvalue weighted by Crippen LogP contribution is 2.09. The van der Waals surface area contributed by atoms with Gasteiger partial charge in [-0.1, -0.05) is 6.42 Å². The van der Waals surface area contributed by atoms with Crippen LogP contribution in [0.15, 0.2) is 11.8 Å². The highest BCUT2D eigenvalue weighted by Gasteiger charge is 2.13. The maximum absolute atomic E-state index is 11.8. The van der Waals surface area contributed by atoms with E-state index < -0.39 is 5.97 Å². The monoisotopic (exact) mass is 279 g/mol. The molecule has 110 valence electrons. The lowest BCUT2D eigenvalue weighted by atomic mass is 10.2. The molecule has 1 amide bonds. The van der Waals surface area contributed by atoms with Crippen LogP contribution in [0, 0.1) is 11.3 Å². The van der Waals surface area contributed by atoms with Crippen molar-refractivity contribution in [3.63, 3.8) is 0 Å². The predicted molar refractivity (Wildman–Crippen MR) is 73.6 cm³/mol. The summed E-state index contributed by atoms with van der Waals surface area (Å²) in [5.41, 5.74) is 0.137. The molecule has 1 heterocycles. The minimum absolute atomic E-state index is 0.137. The van der Waals surface area contributed by atoms with Crippen molar-refractivity contribution in [1.82, 2.24) is 10.2 Å². The molecular formula is C14H21N3O3. The Morgan fingerprint density at radius 2 is 1.95 bits per heavy atom. The van der Waals surface area contributed by atoms with Gasteiger partial charge < -0.3 is 15.3 Å². The van der Waals surface area contributed by atoms with E-state index in [1.54, 1.807) is 6.20 Å². The summed E-state index contributed by atoms with van der Waals surface area (Å²) in [5, 5.41) is 20.2. The van der Waals surface area contributed by atoms with Gasteiger partial charge in [0.15, 0.2) is 0 Å². The van der Waals surface area contributed by atoms with Crippen LogP contribution in [0.1, 0.15) is 38.5 Å². The lowest BCUT2D eigenvalue weighted by Crippen LogP contribution is -2.27. The van der Waals surface area contributed by atoms with Gasteiger partial charge in [0, 0.05) is 32.3 Å². The normalized spacial score (nSPS) is 14.9. The van der Waals surface area contributed by atoms with Gasteiger partial charge in [-0.2, -0.15) is 5.26 Å². The number of nitrogens with zero attached hydrogens (tertiary/aromatic N) is 2. The SMILES string of the molecule is N#C/C(=C/N1CCCC1)C(=O)NCCCCCC(=O)O. The highest BCUT2D eigenvalue weighted by atomic mass is 16.4. The van der Waals surface area contributed by atoms with Gasteiger partial charge in [0.1, 0.15) is 11.6 Å². The summed E-state index contributed by atoms with van der Waals surface area (Å²) in [6, 6.07) is 1.93. The van der Waals surface area contributed by atoms with Crippen LogP contribution in [0.3, 0.4) is 0 Å². The largest absolute Gasteiger partial charge is 0.481 e. The minimum atomic E-state index is -0.797. The Kier molecular flexibility index (Phi) is 7.18. The molecule has 1 rings (SSSR count). The van der Waals surface area contributed by atoms with Gasteiger partial charge in [-0.25, -0.2) is 0 Å². The molecule has 0 aliphatic carbocycles. The van der Waals surface area contributed by atoms with Gasteiger partial charge >= 0.3 is 5.97 Å². The molecule has 0 aromatic carbocycles. The number of likely N-dealkylation sites (tertiary alicyclic amines) is 1. The Morgan fingerprint density at radius 3 is 2.55 bits per heavy atom. The van der Waals surface area contributed by atoms with Crippen molar-refractivity contribution < 1.29 is 14.7 Å². The molecule has 0 spiro atoms. The smallest absolute Gasteiger partial charge is 0.303 e. The van der Waals surface area contributed by atoms with Crippen LogP contribution in [0.2, 0.25) is 0 Å². The summed E-state index contributed by atoms with van der Waals surface area (Å²) in [7, 11) is 0. The second-order valence-electron chi connectivity index (χ2n) is 4.86. The summed E-state index contributed by atoms with van der Waals surface area (Å²) in [6.45, 7) is 2.26. The zero-order valence-corrected chi connectivity index (χ0v) is 11.6. The summed E-state index contributed by atoms with van der Waals surface area (Å²) < 4.78 is 0. The molecule has 0 atom stereocenters. The third-order valence-electron chi connectivity index (χ3n) is 3.17. The van der Waals surface area contributed by atoms with E-state index in [1.807, 2.05) is 11.0 Å². The third kappa shape index (κ3) is 6.23. The van der Waals surface area contributed by atoms with Crippen molar-refractivity contribution in [3.05, 3.63) is 11.8 Å². The van der Waals surface area contributed by atoms with Crippen LogP contribution >= 0.6 is 0 Å². The highest BCUT2D eigenvalue weighted by molar-refractivity contribution is 5.97. The Bertz CT molecular complexity index is 406. The number of carboxylic acids is 1. The van der Waals surface area contributed by atoms with Crippen LogP contribution in [-0.4, -0.2) is 41.5 Å². The Morgan fingerprint density at radius 1 is 1.25 bits per heavy atom. The Hall–Kier alpha value is -2.03. The molecule has 1 aliphatic rings. The van der Waals surface area contributed by atoms with Crippen LogP contribution in [0.4, 0.5) is 0 Å². The van der Waals surface area contributed by atoms with Crippen molar-refractivity contribution >= 4 is 11.9 Å². The molecule has 0 radical (unpaired) electrons. The van der Waals surface area contributed by atoms with Crippen molar-refractivity contribution in [2.24, 2.45) is 0 Å². The zero-order valence-electron chi connectivity index (χ0n) is 11.6. The first-order valence-corrected chi connectivity index (χ1v) is 6.99. The van der Waals surface area contributed by atoms with Crippen molar-refractivity contribution in [3.8, 4) is 6.07 Å². The van der Waals surface area contributed by atoms with E-state index in [4.69, 9.17) is 10.4 Å². The predicted octanol–water partition coefficient (Wildman–Crippen LogP) is 1.25. The number of hydrogen-bond acceptors (Lipinski definition) is 4. The summed E-state index contributed by atoms with van der Waals surface area (Å²) in [6.07, 6.45) is 6.07. The standard InChI is InChI=1S/C14H21N3O3/c15-10-12(11-17-8-4-5-9-17)14(20)16-7-3-1-2-6-13(18)19/h11H,1-9H2,(H,16,20)(H,18,19)/b12-11-. The first-order valence-electron chi connectivity index (χ1n) is 6.99. The number of nitriles is 1. The number of amides is 1. The second-order valence-corrected chi connectivity index (χ2v) is 4.86. The topological polar surface area (TPSA) is 93.4 Å². The number of rotatable bonds is 8. The fourth-order valence-electron chi connectivity index (χ4n) is 2.07. The summed E-state index contributed by atoms with van der Waals surface area (Å²) in [5.74, 6) is -1.15. The molecular weight excluding hydrogens is 258 g/mol. The quantitative estimate of drug-likeness (QED) is 0.396. The lowest BCUT2D eigenvalue weighted by molar-refractivity contribution is -0.137. The van der Waals surface area contributed by atoms with Crippen molar-refractivity contribution in [1.29, 1.82) is 5.26 Å². The molecule has 2 N–H and O–H groups in total. The first-order chi connectivity index (χ1) is 9.63. The molecule has 1 fully saturated rings. The fourth-order valence-corrected chi connectivity index (χ4v) is 2.07. The molecule has 6 nitrogen and oxygen atoms in total. The molecule has 0 aromatic heterocycles. The third-order valence-corrected chi connectivity index (χ3v) is 3.17. The molecule has 0 saturated carbocycles. The maximum atomic E-state index is 11.8. The number of carbonyl (C=O) groups is 2. The average molecular weight is 279 g/mol. The fraction of sp³-hybridized carbons (Fsp3) is 0.643. The van der Waals surface area contributed by atoms with E-state index in [0.717, 1.165) is 38.8 Å². The van der Waals surface area contributed by atoms with Gasteiger partial charge in [0.05, 0.1) is 0 Å². The second kappa shape index (κ2) is 8.97. The summed E-state index contributed by atoms with van der Waals surface area (Å²) in [4.78, 5) is 24.1. The van der Waals surface area contributed by atoms with Gasteiger partial charge in [0.25, 0.3) is 5.91 Å². The number of unbranched alkanes of at least 4 members (excludes halogenated alkanes) is 2. The molecule has 0 unspecified atom stereocenters. The van der Waals surface area contributed by atoms with E-state index in [9.17, 15) is 9.59 Å². The van der Waals surface area contributed by atoms with Crippen molar-refractivity contribution in [2.75, 3.05) is 19.6 Å². The molecule has 0 aromatic rings. The molecule has 20 heavy (non-hydrogen) atoms. The number of nitrogens with one attached hydrogen (secondary N) is 1.